The third kappa shape index (κ3) is 2.59. The first-order chi connectivity index (χ1) is 9.02. The average Bonchev–Trinajstić information content (AvgIpc) is 2.38. The molecule has 0 bridgehead atoms. The molecule has 0 N–H and O–H groups in total. The molecule has 2 aromatic rings. The second-order valence-electron chi connectivity index (χ2n) is 3.96. The van der Waals surface area contributed by atoms with E-state index < -0.39 is 17.6 Å². The molecule has 0 fully saturated rings. The summed E-state index contributed by atoms with van der Waals surface area (Å²) in [4.78, 5) is 15.8. The Bertz CT molecular complexity index is 641. The molecule has 0 saturated carbocycles. The minimum atomic E-state index is -0.775. The van der Waals surface area contributed by atoms with E-state index in [2.05, 4.69) is 9.72 Å². The minimum Gasteiger partial charge on any atom is -0.465 e. The van der Waals surface area contributed by atoms with E-state index in [1.54, 1.807) is 13.0 Å². The average molecular weight is 263 g/mol. The lowest BCUT2D eigenvalue weighted by atomic mass is 10.0. The predicted molar refractivity (Wildman–Crippen MR) is 65.7 cm³/mol. The quantitative estimate of drug-likeness (QED) is 0.781. The van der Waals surface area contributed by atoms with E-state index in [0.29, 0.717) is 5.69 Å². The van der Waals surface area contributed by atoms with Crippen LogP contribution in [0.5, 0.6) is 0 Å². The maximum absolute atomic E-state index is 13.8. The summed E-state index contributed by atoms with van der Waals surface area (Å²) >= 11 is 0. The van der Waals surface area contributed by atoms with Gasteiger partial charge in [0.05, 0.1) is 18.4 Å². The number of halogens is 2. The summed E-state index contributed by atoms with van der Waals surface area (Å²) in [6.07, 6.45) is 0. The molecule has 0 unspecified atom stereocenters. The highest BCUT2D eigenvalue weighted by atomic mass is 19.1. The molecule has 0 atom stereocenters. The number of aryl methyl sites for hydroxylation is 1. The molecule has 1 aromatic heterocycles. The molecule has 1 aromatic carbocycles. The maximum atomic E-state index is 13.8. The van der Waals surface area contributed by atoms with E-state index >= 15 is 0 Å². The van der Waals surface area contributed by atoms with E-state index in [9.17, 15) is 13.6 Å². The van der Waals surface area contributed by atoms with Crippen LogP contribution in [0, 0.1) is 18.6 Å². The van der Waals surface area contributed by atoms with Crippen molar-refractivity contribution in [1.82, 2.24) is 4.98 Å². The Labute approximate surface area is 108 Å². The van der Waals surface area contributed by atoms with E-state index in [-0.39, 0.29) is 16.8 Å². The lowest BCUT2D eigenvalue weighted by Crippen LogP contribution is -2.06. The van der Waals surface area contributed by atoms with E-state index in [4.69, 9.17) is 0 Å². The van der Waals surface area contributed by atoms with Gasteiger partial charge in [0, 0.05) is 17.3 Å². The molecule has 0 aliphatic carbocycles. The number of rotatable bonds is 2. The molecular weight excluding hydrogens is 252 g/mol. The van der Waals surface area contributed by atoms with Gasteiger partial charge in [0.2, 0.25) is 0 Å². The van der Waals surface area contributed by atoms with Crippen molar-refractivity contribution in [3.63, 3.8) is 0 Å². The Balaban J connectivity index is 2.66. The van der Waals surface area contributed by atoms with Crippen LogP contribution in [0.25, 0.3) is 11.3 Å². The predicted octanol–water partition coefficient (Wildman–Crippen LogP) is 3.12. The molecule has 1 heterocycles. The van der Waals surface area contributed by atoms with Crippen molar-refractivity contribution < 1.29 is 18.3 Å². The number of aromatic nitrogens is 1. The number of ether oxygens (including phenoxy) is 1. The second-order valence-corrected chi connectivity index (χ2v) is 3.96. The highest BCUT2D eigenvalue weighted by molar-refractivity contribution is 5.96. The zero-order chi connectivity index (χ0) is 14.0. The number of carbonyl (C=O) groups excluding carboxylic acids is 1. The summed E-state index contributed by atoms with van der Waals surface area (Å²) in [6, 6.07) is 6.24. The normalized spacial score (nSPS) is 10.3. The number of benzene rings is 1. The Morgan fingerprint density at radius 2 is 1.95 bits per heavy atom. The van der Waals surface area contributed by atoms with Crippen LogP contribution in [0.4, 0.5) is 8.78 Å². The van der Waals surface area contributed by atoms with Crippen LogP contribution < -0.4 is 0 Å². The molecule has 0 radical (unpaired) electrons. The van der Waals surface area contributed by atoms with E-state index in [0.717, 1.165) is 12.1 Å². The van der Waals surface area contributed by atoms with Gasteiger partial charge < -0.3 is 4.74 Å². The van der Waals surface area contributed by atoms with Gasteiger partial charge in [-0.15, -0.1) is 0 Å². The summed E-state index contributed by atoms with van der Waals surface area (Å²) in [5.41, 5.74) is 0.958. The van der Waals surface area contributed by atoms with Crippen molar-refractivity contribution in [3.05, 3.63) is 53.2 Å². The lowest BCUT2D eigenvalue weighted by Gasteiger charge is -2.09. The van der Waals surface area contributed by atoms with Crippen molar-refractivity contribution >= 4 is 5.97 Å². The topological polar surface area (TPSA) is 39.2 Å². The van der Waals surface area contributed by atoms with Crippen molar-refractivity contribution in [1.29, 1.82) is 0 Å². The van der Waals surface area contributed by atoms with Crippen LogP contribution >= 0.6 is 0 Å². The number of hydrogen-bond donors (Lipinski definition) is 0. The summed E-state index contributed by atoms with van der Waals surface area (Å²) in [6.45, 7) is 1.71. The van der Waals surface area contributed by atoms with Gasteiger partial charge in [-0.25, -0.2) is 13.6 Å². The summed E-state index contributed by atoms with van der Waals surface area (Å²) in [7, 11) is 1.23. The third-order valence-corrected chi connectivity index (χ3v) is 2.63. The van der Waals surface area contributed by atoms with Crippen LogP contribution in [-0.2, 0) is 4.74 Å². The standard InChI is InChI=1S/C14H11F2NO2/c1-8-3-5-11(14(18)19-2)13(17-8)10-6-4-9(15)7-12(10)16/h3-7H,1-2H3. The monoisotopic (exact) mass is 263 g/mol. The number of methoxy groups -OCH3 is 1. The molecule has 0 aliphatic rings. The fourth-order valence-electron chi connectivity index (χ4n) is 1.72. The van der Waals surface area contributed by atoms with Crippen LogP contribution in [0.1, 0.15) is 16.1 Å². The zero-order valence-electron chi connectivity index (χ0n) is 10.4. The molecule has 98 valence electrons. The molecule has 0 spiro atoms. The SMILES string of the molecule is COC(=O)c1ccc(C)nc1-c1ccc(F)cc1F. The summed E-state index contributed by atoms with van der Waals surface area (Å²) in [5.74, 6) is -2.08. The lowest BCUT2D eigenvalue weighted by molar-refractivity contribution is 0.0601. The van der Waals surface area contributed by atoms with Gasteiger partial charge in [-0.1, -0.05) is 0 Å². The highest BCUT2D eigenvalue weighted by Gasteiger charge is 2.18. The Morgan fingerprint density at radius 3 is 2.58 bits per heavy atom. The first-order valence-corrected chi connectivity index (χ1v) is 5.54. The minimum absolute atomic E-state index is 0.0606. The summed E-state index contributed by atoms with van der Waals surface area (Å²) < 4.78 is 31.3. The van der Waals surface area contributed by atoms with Gasteiger partial charge in [-0.3, -0.25) is 4.98 Å². The van der Waals surface area contributed by atoms with E-state index in [1.165, 1.54) is 19.2 Å². The first kappa shape index (κ1) is 13.1. The molecule has 0 aliphatic heterocycles. The van der Waals surface area contributed by atoms with Gasteiger partial charge in [-0.05, 0) is 31.2 Å². The van der Waals surface area contributed by atoms with Crippen molar-refractivity contribution in [2.75, 3.05) is 7.11 Å². The van der Waals surface area contributed by atoms with Gasteiger partial charge in [0.25, 0.3) is 0 Å². The van der Waals surface area contributed by atoms with Crippen LogP contribution in [-0.4, -0.2) is 18.1 Å². The van der Waals surface area contributed by atoms with Crippen molar-refractivity contribution in [2.24, 2.45) is 0 Å². The number of pyridine rings is 1. The highest BCUT2D eigenvalue weighted by Crippen LogP contribution is 2.26. The molecule has 5 heteroatoms. The molecule has 19 heavy (non-hydrogen) atoms. The smallest absolute Gasteiger partial charge is 0.340 e. The van der Waals surface area contributed by atoms with Crippen LogP contribution in [0.2, 0.25) is 0 Å². The molecular formula is C14H11F2NO2. The first-order valence-electron chi connectivity index (χ1n) is 5.54. The Kier molecular flexibility index (Phi) is 3.55. The van der Waals surface area contributed by atoms with Crippen molar-refractivity contribution in [3.8, 4) is 11.3 Å². The number of nitrogens with zero attached hydrogens (tertiary/aromatic N) is 1. The molecule has 0 saturated heterocycles. The number of hydrogen-bond acceptors (Lipinski definition) is 3. The Morgan fingerprint density at radius 1 is 1.21 bits per heavy atom. The fourth-order valence-corrected chi connectivity index (χ4v) is 1.72. The van der Waals surface area contributed by atoms with Gasteiger partial charge in [-0.2, -0.15) is 0 Å². The van der Waals surface area contributed by atoms with Gasteiger partial charge >= 0.3 is 5.97 Å². The van der Waals surface area contributed by atoms with Gasteiger partial charge in [0.15, 0.2) is 0 Å². The van der Waals surface area contributed by atoms with E-state index in [1.807, 2.05) is 0 Å². The maximum Gasteiger partial charge on any atom is 0.340 e. The van der Waals surface area contributed by atoms with Crippen LogP contribution in [0.15, 0.2) is 30.3 Å². The van der Waals surface area contributed by atoms with Crippen molar-refractivity contribution in [2.45, 2.75) is 6.92 Å². The molecule has 2 rings (SSSR count). The molecule has 3 nitrogen and oxygen atoms in total. The van der Waals surface area contributed by atoms with Crippen LogP contribution in [0.3, 0.4) is 0 Å². The fraction of sp³-hybridized carbons (Fsp3) is 0.143. The number of esters is 1. The largest absolute Gasteiger partial charge is 0.465 e. The zero-order valence-corrected chi connectivity index (χ0v) is 10.4. The Hall–Kier alpha value is -2.30. The van der Waals surface area contributed by atoms with Gasteiger partial charge in [0.1, 0.15) is 11.6 Å². The second kappa shape index (κ2) is 5.14. The number of carbonyl (C=O) groups is 1. The third-order valence-electron chi connectivity index (χ3n) is 2.63. The molecule has 0 amide bonds. The summed E-state index contributed by atoms with van der Waals surface area (Å²) in [5, 5.41) is 0.